The molecule has 6 nitrogen and oxygen atoms in total. The van der Waals surface area contributed by atoms with E-state index in [1.54, 1.807) is 36.4 Å². The molecular formula is C25H29NO5S. The van der Waals surface area contributed by atoms with Crippen molar-refractivity contribution in [3.63, 3.8) is 0 Å². The van der Waals surface area contributed by atoms with Crippen LogP contribution in [0.2, 0.25) is 0 Å². The van der Waals surface area contributed by atoms with Gasteiger partial charge >= 0.3 is 5.97 Å². The van der Waals surface area contributed by atoms with E-state index in [4.69, 9.17) is 5.11 Å². The van der Waals surface area contributed by atoms with E-state index in [1.165, 1.54) is 0 Å². The van der Waals surface area contributed by atoms with Crippen molar-refractivity contribution in [2.45, 2.75) is 46.0 Å². The number of rotatable bonds is 8. The number of hydrogen-bond donors (Lipinski definition) is 2. The predicted octanol–water partition coefficient (Wildman–Crippen LogP) is 4.31. The average molecular weight is 456 g/mol. The van der Waals surface area contributed by atoms with Gasteiger partial charge in [0.25, 0.3) is 0 Å². The zero-order chi connectivity index (χ0) is 23.1. The van der Waals surface area contributed by atoms with Gasteiger partial charge in [0.1, 0.15) is 5.78 Å². The third-order valence-electron chi connectivity index (χ3n) is 7.74. The molecule has 2 aliphatic rings. The summed E-state index contributed by atoms with van der Waals surface area (Å²) in [4.78, 5) is 23.8. The molecule has 0 amide bonds. The second-order valence-corrected chi connectivity index (χ2v) is 11.4. The Morgan fingerprint density at radius 1 is 1.09 bits per heavy atom. The number of carbonyl (C=O) groups excluding carboxylic acids is 1. The van der Waals surface area contributed by atoms with Gasteiger partial charge in [0.15, 0.2) is 0 Å². The van der Waals surface area contributed by atoms with Crippen LogP contribution >= 0.6 is 0 Å². The van der Waals surface area contributed by atoms with E-state index in [1.807, 2.05) is 26.0 Å². The number of sulfonamides is 1. The number of aromatic carboxylic acids is 1. The second kappa shape index (κ2) is 8.03. The first kappa shape index (κ1) is 22.5. The maximum Gasteiger partial charge on any atom is 0.335 e. The van der Waals surface area contributed by atoms with Gasteiger partial charge < -0.3 is 5.11 Å². The molecule has 2 atom stereocenters. The molecule has 170 valence electrons. The van der Waals surface area contributed by atoms with Crippen LogP contribution in [-0.4, -0.2) is 31.0 Å². The molecule has 2 N–H and O–H groups in total. The summed E-state index contributed by atoms with van der Waals surface area (Å²) in [6.45, 7) is 4.07. The maximum atomic E-state index is 13.2. The topological polar surface area (TPSA) is 101 Å². The molecule has 0 heterocycles. The first-order chi connectivity index (χ1) is 15.0. The fraction of sp³-hybridized carbons (Fsp3) is 0.440. The minimum Gasteiger partial charge on any atom is -0.478 e. The van der Waals surface area contributed by atoms with Crippen LogP contribution in [0, 0.1) is 16.7 Å². The Hall–Kier alpha value is -2.67. The molecule has 0 aromatic heterocycles. The van der Waals surface area contributed by atoms with Crippen molar-refractivity contribution in [1.29, 1.82) is 0 Å². The van der Waals surface area contributed by atoms with Gasteiger partial charge in [-0.1, -0.05) is 44.2 Å². The second-order valence-electron chi connectivity index (χ2n) is 9.69. The molecule has 32 heavy (non-hydrogen) atoms. The summed E-state index contributed by atoms with van der Waals surface area (Å²) < 4.78 is 29.1. The summed E-state index contributed by atoms with van der Waals surface area (Å²) in [7, 11) is -3.72. The fourth-order valence-corrected chi connectivity index (χ4v) is 7.50. The van der Waals surface area contributed by atoms with Crippen molar-refractivity contribution in [3.8, 4) is 0 Å². The van der Waals surface area contributed by atoms with Crippen molar-refractivity contribution >= 4 is 27.5 Å². The number of carbonyl (C=O) groups is 2. The summed E-state index contributed by atoms with van der Waals surface area (Å²) in [5.41, 5.74) is 1.49. The van der Waals surface area contributed by atoms with Crippen molar-refractivity contribution in [1.82, 2.24) is 0 Å². The van der Waals surface area contributed by atoms with Crippen molar-refractivity contribution < 1.29 is 23.1 Å². The van der Waals surface area contributed by atoms with Crippen LogP contribution in [-0.2, 0) is 27.7 Å². The van der Waals surface area contributed by atoms with Crippen molar-refractivity contribution in [2.24, 2.45) is 16.7 Å². The molecule has 0 aliphatic heterocycles. The molecule has 4 rings (SSSR count). The van der Waals surface area contributed by atoms with Crippen LogP contribution < -0.4 is 4.72 Å². The smallest absolute Gasteiger partial charge is 0.335 e. The predicted molar refractivity (Wildman–Crippen MR) is 123 cm³/mol. The zero-order valence-electron chi connectivity index (χ0n) is 18.4. The Kier molecular flexibility index (Phi) is 5.65. The Labute approximate surface area is 189 Å². The van der Waals surface area contributed by atoms with Crippen LogP contribution in [0.3, 0.4) is 0 Å². The molecule has 2 fully saturated rings. The summed E-state index contributed by atoms with van der Waals surface area (Å²) in [5, 5.41) is 9.03. The van der Waals surface area contributed by atoms with E-state index in [0.717, 1.165) is 17.5 Å². The average Bonchev–Trinajstić information content (AvgIpc) is 3.07. The van der Waals surface area contributed by atoms with E-state index in [-0.39, 0.29) is 28.4 Å². The Morgan fingerprint density at radius 3 is 2.38 bits per heavy atom. The van der Waals surface area contributed by atoms with E-state index in [9.17, 15) is 18.0 Å². The lowest BCUT2D eigenvalue weighted by molar-refractivity contribution is -0.128. The lowest BCUT2D eigenvalue weighted by atomic mass is 9.70. The van der Waals surface area contributed by atoms with E-state index >= 15 is 0 Å². The molecule has 2 unspecified atom stereocenters. The number of carboxylic acid groups (broad SMARTS) is 1. The number of Topliss-reactive ketones (excluding diaryl/α,β-unsaturated/α-hetero) is 1. The van der Waals surface area contributed by atoms with Crippen LogP contribution in [0.25, 0.3) is 0 Å². The van der Waals surface area contributed by atoms with Gasteiger partial charge in [-0.15, -0.1) is 0 Å². The number of benzene rings is 2. The number of aryl methyl sites for hydroxylation is 2. The highest BCUT2D eigenvalue weighted by Crippen LogP contribution is 2.64. The number of nitrogens with one attached hydrogen (secondary N) is 1. The standard InChI is InChI=1S/C25H29NO5S/c1-24(2)20-13-14-25(24,22(27)15-20)16-32(30,31)26-21-6-4-3-5-18(21)10-7-17-8-11-19(12-9-17)23(28)29/h3-6,8-9,11-12,20,26H,7,10,13-16H2,1-2H3,(H,28,29). The van der Waals surface area contributed by atoms with Crippen LogP contribution in [0.5, 0.6) is 0 Å². The Balaban J connectivity index is 1.49. The molecule has 2 aromatic rings. The normalized spacial score (nSPS) is 23.9. The fourth-order valence-electron chi connectivity index (χ4n) is 5.57. The maximum absolute atomic E-state index is 13.2. The van der Waals surface area contributed by atoms with Gasteiger partial charge in [0.05, 0.1) is 22.4 Å². The summed E-state index contributed by atoms with van der Waals surface area (Å²) in [5.74, 6) is -0.784. The van der Waals surface area contributed by atoms with Gasteiger partial charge in [-0.05, 0) is 66.3 Å². The molecule has 2 saturated carbocycles. The third-order valence-corrected chi connectivity index (χ3v) is 9.15. The van der Waals surface area contributed by atoms with Crippen LogP contribution in [0.15, 0.2) is 48.5 Å². The van der Waals surface area contributed by atoms with E-state index in [0.29, 0.717) is 31.4 Å². The Morgan fingerprint density at radius 2 is 1.78 bits per heavy atom. The zero-order valence-corrected chi connectivity index (χ0v) is 19.2. The minimum atomic E-state index is -3.72. The molecular weight excluding hydrogens is 426 g/mol. The first-order valence-corrected chi connectivity index (χ1v) is 12.6. The molecule has 2 aromatic carbocycles. The first-order valence-electron chi connectivity index (χ1n) is 11.0. The highest BCUT2D eigenvalue weighted by molar-refractivity contribution is 7.92. The lowest BCUT2D eigenvalue weighted by Gasteiger charge is -2.36. The molecule has 2 aliphatic carbocycles. The number of fused-ring (bicyclic) bond motifs is 2. The van der Waals surface area contributed by atoms with Crippen LogP contribution in [0.1, 0.15) is 54.6 Å². The van der Waals surface area contributed by atoms with Gasteiger partial charge in [0.2, 0.25) is 10.0 Å². The van der Waals surface area contributed by atoms with E-state index < -0.39 is 21.4 Å². The third kappa shape index (κ3) is 3.94. The minimum absolute atomic E-state index is 0.0854. The lowest BCUT2D eigenvalue weighted by Crippen LogP contribution is -2.43. The van der Waals surface area contributed by atoms with Gasteiger partial charge in [-0.3, -0.25) is 9.52 Å². The molecule has 2 bridgehead atoms. The SMILES string of the molecule is CC1(C)C2CCC1(CS(=O)(=O)Nc1ccccc1CCc1ccc(C(=O)O)cc1)C(=O)C2. The summed E-state index contributed by atoms with van der Waals surface area (Å²) in [6, 6.07) is 14.0. The van der Waals surface area contributed by atoms with E-state index in [2.05, 4.69) is 4.72 Å². The Bertz CT molecular complexity index is 1150. The number of para-hydroxylation sites is 1. The highest BCUT2D eigenvalue weighted by Gasteiger charge is 2.65. The van der Waals surface area contributed by atoms with Gasteiger partial charge in [-0.2, -0.15) is 0 Å². The molecule has 0 radical (unpaired) electrons. The summed E-state index contributed by atoms with van der Waals surface area (Å²) in [6.07, 6.45) is 3.28. The number of anilines is 1. The monoisotopic (exact) mass is 455 g/mol. The molecule has 0 spiro atoms. The molecule has 0 saturated heterocycles. The molecule has 7 heteroatoms. The quantitative estimate of drug-likeness (QED) is 0.618. The number of carboxylic acids is 1. The van der Waals surface area contributed by atoms with Crippen LogP contribution in [0.4, 0.5) is 5.69 Å². The van der Waals surface area contributed by atoms with Gasteiger partial charge in [-0.25, -0.2) is 13.2 Å². The summed E-state index contributed by atoms with van der Waals surface area (Å²) >= 11 is 0. The van der Waals surface area contributed by atoms with Crippen molar-refractivity contribution in [3.05, 3.63) is 65.2 Å². The van der Waals surface area contributed by atoms with Crippen molar-refractivity contribution in [2.75, 3.05) is 10.5 Å². The largest absolute Gasteiger partial charge is 0.478 e. The van der Waals surface area contributed by atoms with Gasteiger partial charge in [0, 0.05) is 6.42 Å². The highest BCUT2D eigenvalue weighted by atomic mass is 32.2. The number of ketones is 1. The number of hydrogen-bond acceptors (Lipinski definition) is 4.